The third-order valence-corrected chi connectivity index (χ3v) is 2.89. The lowest BCUT2D eigenvalue weighted by Crippen LogP contribution is -2.26. The summed E-state index contributed by atoms with van der Waals surface area (Å²) < 4.78 is 0. The molecule has 0 amide bonds. The van der Waals surface area contributed by atoms with Crippen molar-refractivity contribution in [3.63, 3.8) is 0 Å². The Labute approximate surface area is 98.4 Å². The van der Waals surface area contributed by atoms with Gasteiger partial charge in [0.05, 0.1) is 16.6 Å². The average molecular weight is 234 g/mol. The van der Waals surface area contributed by atoms with E-state index in [0.717, 1.165) is 10.9 Å². The van der Waals surface area contributed by atoms with Crippen LogP contribution < -0.4 is 4.90 Å². The molecule has 1 aromatic heterocycles. The molecule has 1 N–H and O–H groups in total. The van der Waals surface area contributed by atoms with E-state index in [1.165, 1.54) is 0 Å². The predicted molar refractivity (Wildman–Crippen MR) is 66.3 cm³/mol. The lowest BCUT2D eigenvalue weighted by molar-refractivity contribution is -0.384. The van der Waals surface area contributed by atoms with Crippen molar-refractivity contribution in [2.45, 2.75) is 19.9 Å². The monoisotopic (exact) mass is 234 g/mol. The van der Waals surface area contributed by atoms with Crippen LogP contribution in [0.3, 0.4) is 0 Å². The van der Waals surface area contributed by atoms with Crippen LogP contribution in [0.25, 0.3) is 10.9 Å². The first kappa shape index (κ1) is 11.4. The normalized spacial score (nSPS) is 11.1. The molecule has 0 saturated carbocycles. The van der Waals surface area contributed by atoms with E-state index in [9.17, 15) is 10.1 Å². The number of H-pyrrole nitrogens is 1. The minimum absolute atomic E-state index is 0.107. The van der Waals surface area contributed by atoms with Crippen LogP contribution in [0.2, 0.25) is 0 Å². The highest BCUT2D eigenvalue weighted by molar-refractivity contribution is 5.87. The Morgan fingerprint density at radius 1 is 1.47 bits per heavy atom. The Morgan fingerprint density at radius 3 is 2.76 bits per heavy atom. The highest BCUT2D eigenvalue weighted by Crippen LogP contribution is 2.32. The molecule has 0 atom stereocenters. The summed E-state index contributed by atoms with van der Waals surface area (Å²) in [6.45, 7) is 3.97. The summed E-state index contributed by atoms with van der Waals surface area (Å²) >= 11 is 0. The van der Waals surface area contributed by atoms with Crippen LogP contribution >= 0.6 is 0 Å². The summed E-state index contributed by atoms with van der Waals surface area (Å²) in [5.41, 5.74) is 1.51. The maximum atomic E-state index is 11.1. The molecular weight excluding hydrogens is 220 g/mol. The molecule has 0 bridgehead atoms. The van der Waals surface area contributed by atoms with Crippen molar-refractivity contribution < 1.29 is 4.92 Å². The van der Waals surface area contributed by atoms with E-state index in [2.05, 4.69) is 10.2 Å². The Morgan fingerprint density at radius 2 is 2.18 bits per heavy atom. The first-order valence-electron chi connectivity index (χ1n) is 5.35. The molecule has 6 heteroatoms. The molecule has 0 radical (unpaired) electrons. The van der Waals surface area contributed by atoms with E-state index in [1.807, 2.05) is 25.8 Å². The molecule has 2 aromatic rings. The molecule has 0 aliphatic rings. The molecule has 2 rings (SSSR count). The number of hydrogen-bond acceptors (Lipinski definition) is 4. The minimum atomic E-state index is -0.360. The quantitative estimate of drug-likeness (QED) is 0.653. The Hall–Kier alpha value is -2.11. The molecular formula is C11H14N4O2. The van der Waals surface area contributed by atoms with Crippen LogP contribution in [0.5, 0.6) is 0 Å². The largest absolute Gasteiger partial charge is 0.367 e. The summed E-state index contributed by atoms with van der Waals surface area (Å²) in [4.78, 5) is 12.6. The second-order valence-electron chi connectivity index (χ2n) is 4.26. The molecule has 6 nitrogen and oxygen atoms in total. The number of anilines is 1. The zero-order valence-electron chi connectivity index (χ0n) is 9.97. The maximum absolute atomic E-state index is 11.1. The zero-order valence-corrected chi connectivity index (χ0v) is 9.97. The fourth-order valence-electron chi connectivity index (χ4n) is 1.67. The van der Waals surface area contributed by atoms with Gasteiger partial charge in [0, 0.05) is 24.5 Å². The van der Waals surface area contributed by atoms with E-state index < -0.39 is 0 Å². The first-order valence-corrected chi connectivity index (χ1v) is 5.35. The number of fused-ring (bicyclic) bond motifs is 1. The van der Waals surface area contributed by atoms with Crippen LogP contribution in [-0.4, -0.2) is 28.2 Å². The molecule has 0 unspecified atom stereocenters. The fourth-order valence-corrected chi connectivity index (χ4v) is 1.67. The van der Waals surface area contributed by atoms with Gasteiger partial charge in [-0.15, -0.1) is 0 Å². The van der Waals surface area contributed by atoms with E-state index in [0.29, 0.717) is 5.69 Å². The number of rotatable bonds is 3. The van der Waals surface area contributed by atoms with Gasteiger partial charge in [-0.05, 0) is 19.9 Å². The summed E-state index contributed by atoms with van der Waals surface area (Å²) in [5.74, 6) is 0. The van der Waals surface area contributed by atoms with Crippen molar-refractivity contribution in [2.24, 2.45) is 0 Å². The Balaban J connectivity index is 2.65. The van der Waals surface area contributed by atoms with Gasteiger partial charge in [-0.2, -0.15) is 5.10 Å². The molecule has 1 aromatic carbocycles. The predicted octanol–water partition coefficient (Wildman–Crippen LogP) is 2.32. The Bertz CT molecular complexity index is 562. The van der Waals surface area contributed by atoms with Gasteiger partial charge in [-0.3, -0.25) is 15.2 Å². The second-order valence-corrected chi connectivity index (χ2v) is 4.26. The van der Waals surface area contributed by atoms with Crippen LogP contribution in [0.1, 0.15) is 13.8 Å². The average Bonchev–Trinajstić information content (AvgIpc) is 2.72. The number of nitro groups is 1. The number of nitrogens with zero attached hydrogens (tertiary/aromatic N) is 3. The van der Waals surface area contributed by atoms with E-state index >= 15 is 0 Å². The number of hydrogen-bond donors (Lipinski definition) is 1. The van der Waals surface area contributed by atoms with Crippen molar-refractivity contribution in [3.05, 3.63) is 28.4 Å². The standard InChI is InChI=1S/C11H14N4O2/c1-7(2)14(3)10-5-9-8(6-12-13-9)4-11(10)15(16)17/h4-7H,1-3H3,(H,12,13). The van der Waals surface area contributed by atoms with Crippen LogP contribution in [0.4, 0.5) is 11.4 Å². The summed E-state index contributed by atoms with van der Waals surface area (Å²) in [5, 5.41) is 18.5. The minimum Gasteiger partial charge on any atom is -0.367 e. The SMILES string of the molecule is CC(C)N(C)c1cc2[nH]ncc2cc1[N+](=O)[O-]. The summed E-state index contributed by atoms with van der Waals surface area (Å²) in [6.07, 6.45) is 1.58. The lowest BCUT2D eigenvalue weighted by atomic mass is 10.1. The number of aromatic nitrogens is 2. The van der Waals surface area contributed by atoms with Gasteiger partial charge in [0.15, 0.2) is 0 Å². The maximum Gasteiger partial charge on any atom is 0.293 e. The summed E-state index contributed by atoms with van der Waals surface area (Å²) in [6, 6.07) is 3.50. The molecule has 1 heterocycles. The third-order valence-electron chi connectivity index (χ3n) is 2.89. The molecule has 0 aliphatic heterocycles. The molecule has 0 spiro atoms. The van der Waals surface area contributed by atoms with E-state index in [-0.39, 0.29) is 16.7 Å². The lowest BCUT2D eigenvalue weighted by Gasteiger charge is -2.23. The van der Waals surface area contributed by atoms with Gasteiger partial charge in [0.25, 0.3) is 5.69 Å². The van der Waals surface area contributed by atoms with Gasteiger partial charge >= 0.3 is 0 Å². The van der Waals surface area contributed by atoms with Crippen LogP contribution in [-0.2, 0) is 0 Å². The molecule has 0 fully saturated rings. The van der Waals surface area contributed by atoms with E-state index in [1.54, 1.807) is 18.3 Å². The number of benzene rings is 1. The fraction of sp³-hybridized carbons (Fsp3) is 0.364. The molecule has 0 saturated heterocycles. The van der Waals surface area contributed by atoms with Gasteiger partial charge < -0.3 is 4.90 Å². The highest BCUT2D eigenvalue weighted by atomic mass is 16.6. The van der Waals surface area contributed by atoms with Gasteiger partial charge in [0.1, 0.15) is 5.69 Å². The van der Waals surface area contributed by atoms with Gasteiger partial charge in [-0.1, -0.05) is 0 Å². The Kier molecular flexibility index (Phi) is 2.71. The number of nitro benzene ring substituents is 1. The van der Waals surface area contributed by atoms with Crippen LogP contribution in [0.15, 0.2) is 18.3 Å². The topological polar surface area (TPSA) is 75.1 Å². The molecule has 0 aliphatic carbocycles. The van der Waals surface area contributed by atoms with Gasteiger partial charge in [0.2, 0.25) is 0 Å². The van der Waals surface area contributed by atoms with Crippen molar-refractivity contribution in [2.75, 3.05) is 11.9 Å². The molecule has 90 valence electrons. The van der Waals surface area contributed by atoms with Gasteiger partial charge in [-0.25, -0.2) is 0 Å². The highest BCUT2D eigenvalue weighted by Gasteiger charge is 2.20. The van der Waals surface area contributed by atoms with Crippen molar-refractivity contribution in [1.29, 1.82) is 0 Å². The van der Waals surface area contributed by atoms with E-state index in [4.69, 9.17) is 0 Å². The van der Waals surface area contributed by atoms with Crippen molar-refractivity contribution in [1.82, 2.24) is 10.2 Å². The first-order chi connectivity index (χ1) is 8.00. The number of nitrogens with one attached hydrogen (secondary N) is 1. The smallest absolute Gasteiger partial charge is 0.293 e. The van der Waals surface area contributed by atoms with Crippen molar-refractivity contribution in [3.8, 4) is 0 Å². The summed E-state index contributed by atoms with van der Waals surface area (Å²) in [7, 11) is 1.84. The zero-order chi connectivity index (χ0) is 12.6. The molecule has 17 heavy (non-hydrogen) atoms. The number of aromatic amines is 1. The third kappa shape index (κ3) is 1.93. The van der Waals surface area contributed by atoms with Crippen molar-refractivity contribution >= 4 is 22.3 Å². The van der Waals surface area contributed by atoms with Crippen LogP contribution in [0, 0.1) is 10.1 Å². The second kappa shape index (κ2) is 4.04.